The van der Waals surface area contributed by atoms with Gasteiger partial charge in [-0.05, 0) is 25.2 Å². The molecule has 0 aliphatic rings. The van der Waals surface area contributed by atoms with Crippen LogP contribution < -0.4 is 16.0 Å². The Morgan fingerprint density at radius 2 is 2.23 bits per heavy atom. The largest absolute Gasteiger partial charge is 0.399 e. The Balaban J connectivity index is 2.60. The molecule has 72 valence electrons. The first kappa shape index (κ1) is 9.86. The summed E-state index contributed by atoms with van der Waals surface area (Å²) < 4.78 is 0. The fourth-order valence-electron chi connectivity index (χ4n) is 1.17. The highest BCUT2D eigenvalue weighted by Gasteiger charge is 1.98. The van der Waals surface area contributed by atoms with Gasteiger partial charge < -0.3 is 16.0 Å². The zero-order valence-electron chi connectivity index (χ0n) is 8.25. The smallest absolute Gasteiger partial charge is 0.0384 e. The maximum absolute atomic E-state index is 5.68. The molecule has 0 heterocycles. The predicted octanol–water partition coefficient (Wildman–Crippen LogP) is 0.924. The lowest BCUT2D eigenvalue weighted by Crippen LogP contribution is -2.26. The standard InChI is InChI=1S/C10H17N3/c1-12-6-7-13(2)10-5-3-4-9(11)8-10/h3-5,8,12H,6-7,11H2,1-2H3. The lowest BCUT2D eigenvalue weighted by molar-refractivity contribution is 0.768. The summed E-state index contributed by atoms with van der Waals surface area (Å²) in [7, 11) is 4.01. The van der Waals surface area contributed by atoms with E-state index in [1.54, 1.807) is 0 Å². The Bertz CT molecular complexity index is 260. The Labute approximate surface area is 79.5 Å². The van der Waals surface area contributed by atoms with Gasteiger partial charge in [-0.1, -0.05) is 6.07 Å². The molecule has 0 radical (unpaired) electrons. The van der Waals surface area contributed by atoms with Crippen molar-refractivity contribution in [3.63, 3.8) is 0 Å². The van der Waals surface area contributed by atoms with E-state index in [4.69, 9.17) is 5.73 Å². The number of hydrogen-bond acceptors (Lipinski definition) is 3. The molecule has 0 bridgehead atoms. The van der Waals surface area contributed by atoms with Gasteiger partial charge in [0, 0.05) is 31.5 Å². The van der Waals surface area contributed by atoms with Gasteiger partial charge in [0.2, 0.25) is 0 Å². The van der Waals surface area contributed by atoms with Crippen LogP contribution in [0.5, 0.6) is 0 Å². The van der Waals surface area contributed by atoms with Crippen LogP contribution >= 0.6 is 0 Å². The molecule has 0 fully saturated rings. The highest BCUT2D eigenvalue weighted by molar-refractivity contribution is 5.55. The van der Waals surface area contributed by atoms with E-state index < -0.39 is 0 Å². The Morgan fingerprint density at radius 3 is 2.85 bits per heavy atom. The SMILES string of the molecule is CNCCN(C)c1cccc(N)c1. The second-order valence-corrected chi connectivity index (χ2v) is 3.12. The highest BCUT2D eigenvalue weighted by Crippen LogP contribution is 2.15. The van der Waals surface area contributed by atoms with Gasteiger partial charge in [0.1, 0.15) is 0 Å². The van der Waals surface area contributed by atoms with Crippen molar-refractivity contribution < 1.29 is 0 Å². The molecule has 1 aromatic rings. The van der Waals surface area contributed by atoms with E-state index in [1.165, 1.54) is 0 Å². The van der Waals surface area contributed by atoms with E-state index in [0.29, 0.717) is 0 Å². The van der Waals surface area contributed by atoms with E-state index >= 15 is 0 Å². The number of likely N-dealkylation sites (N-methyl/N-ethyl adjacent to an activating group) is 2. The fraction of sp³-hybridized carbons (Fsp3) is 0.400. The van der Waals surface area contributed by atoms with Gasteiger partial charge >= 0.3 is 0 Å². The molecular formula is C10H17N3. The van der Waals surface area contributed by atoms with Crippen molar-refractivity contribution in [1.29, 1.82) is 0 Å². The number of hydrogen-bond donors (Lipinski definition) is 2. The number of nitrogens with two attached hydrogens (primary N) is 1. The number of anilines is 2. The average molecular weight is 179 g/mol. The second-order valence-electron chi connectivity index (χ2n) is 3.12. The Hall–Kier alpha value is -1.22. The fourth-order valence-corrected chi connectivity index (χ4v) is 1.17. The first-order valence-electron chi connectivity index (χ1n) is 4.45. The van der Waals surface area contributed by atoms with Crippen molar-refractivity contribution in [3.05, 3.63) is 24.3 Å². The summed E-state index contributed by atoms with van der Waals surface area (Å²) in [5.41, 5.74) is 7.66. The number of benzene rings is 1. The quantitative estimate of drug-likeness (QED) is 0.675. The molecule has 0 aliphatic carbocycles. The maximum Gasteiger partial charge on any atom is 0.0384 e. The summed E-state index contributed by atoms with van der Waals surface area (Å²) in [5, 5.41) is 3.11. The number of nitrogens with zero attached hydrogens (tertiary/aromatic N) is 1. The molecule has 0 saturated heterocycles. The molecule has 0 atom stereocenters. The lowest BCUT2D eigenvalue weighted by Gasteiger charge is -2.19. The van der Waals surface area contributed by atoms with Crippen LogP contribution in [-0.4, -0.2) is 27.2 Å². The molecule has 0 aromatic heterocycles. The molecule has 0 unspecified atom stereocenters. The van der Waals surface area contributed by atoms with Gasteiger partial charge in [0.05, 0.1) is 0 Å². The Morgan fingerprint density at radius 1 is 1.46 bits per heavy atom. The van der Waals surface area contributed by atoms with E-state index in [9.17, 15) is 0 Å². The van der Waals surface area contributed by atoms with Crippen molar-refractivity contribution in [2.75, 3.05) is 37.8 Å². The van der Waals surface area contributed by atoms with Crippen molar-refractivity contribution >= 4 is 11.4 Å². The minimum atomic E-state index is 0.814. The first-order valence-corrected chi connectivity index (χ1v) is 4.45. The third-order valence-electron chi connectivity index (χ3n) is 2.01. The molecule has 3 N–H and O–H groups in total. The molecule has 0 spiro atoms. The summed E-state index contributed by atoms with van der Waals surface area (Å²) in [5.74, 6) is 0. The van der Waals surface area contributed by atoms with Crippen LogP contribution in [-0.2, 0) is 0 Å². The van der Waals surface area contributed by atoms with Gasteiger partial charge in [0.15, 0.2) is 0 Å². The molecule has 1 aromatic carbocycles. The average Bonchev–Trinajstić information content (AvgIpc) is 2.14. The topological polar surface area (TPSA) is 41.3 Å². The predicted molar refractivity (Wildman–Crippen MR) is 58.1 cm³/mol. The minimum absolute atomic E-state index is 0.814. The van der Waals surface area contributed by atoms with Gasteiger partial charge in [-0.2, -0.15) is 0 Å². The monoisotopic (exact) mass is 179 g/mol. The van der Waals surface area contributed by atoms with Crippen LogP contribution in [0, 0.1) is 0 Å². The highest BCUT2D eigenvalue weighted by atomic mass is 15.1. The first-order chi connectivity index (χ1) is 6.24. The third-order valence-corrected chi connectivity index (χ3v) is 2.01. The van der Waals surface area contributed by atoms with Gasteiger partial charge in [0.25, 0.3) is 0 Å². The summed E-state index contributed by atoms with van der Waals surface area (Å²) in [6, 6.07) is 7.91. The van der Waals surface area contributed by atoms with Crippen molar-refractivity contribution in [1.82, 2.24) is 5.32 Å². The van der Waals surface area contributed by atoms with Gasteiger partial charge in [-0.25, -0.2) is 0 Å². The molecule has 0 amide bonds. The molecule has 13 heavy (non-hydrogen) atoms. The van der Waals surface area contributed by atoms with E-state index in [0.717, 1.165) is 24.5 Å². The third kappa shape index (κ3) is 2.95. The van der Waals surface area contributed by atoms with Crippen molar-refractivity contribution in [3.8, 4) is 0 Å². The molecule has 0 saturated carbocycles. The van der Waals surface area contributed by atoms with Crippen LogP contribution in [0.15, 0.2) is 24.3 Å². The van der Waals surface area contributed by atoms with Crippen molar-refractivity contribution in [2.45, 2.75) is 0 Å². The zero-order valence-corrected chi connectivity index (χ0v) is 8.25. The summed E-state index contributed by atoms with van der Waals surface area (Å²) in [4.78, 5) is 2.17. The molecule has 3 heteroatoms. The second kappa shape index (κ2) is 4.72. The van der Waals surface area contributed by atoms with Gasteiger partial charge in [-0.15, -0.1) is 0 Å². The number of rotatable bonds is 4. The maximum atomic E-state index is 5.68. The zero-order chi connectivity index (χ0) is 9.68. The molecule has 0 aliphatic heterocycles. The van der Waals surface area contributed by atoms with E-state index in [2.05, 4.69) is 23.3 Å². The van der Waals surface area contributed by atoms with E-state index in [-0.39, 0.29) is 0 Å². The molecular weight excluding hydrogens is 162 g/mol. The normalized spacial score (nSPS) is 10.0. The van der Waals surface area contributed by atoms with Gasteiger partial charge in [-0.3, -0.25) is 0 Å². The Kier molecular flexibility index (Phi) is 3.58. The minimum Gasteiger partial charge on any atom is -0.399 e. The van der Waals surface area contributed by atoms with Crippen LogP contribution in [0.4, 0.5) is 11.4 Å². The van der Waals surface area contributed by atoms with Crippen LogP contribution in [0.1, 0.15) is 0 Å². The summed E-state index contributed by atoms with van der Waals surface area (Å²) in [6.07, 6.45) is 0. The summed E-state index contributed by atoms with van der Waals surface area (Å²) >= 11 is 0. The molecule has 3 nitrogen and oxygen atoms in total. The van der Waals surface area contributed by atoms with Crippen LogP contribution in [0.2, 0.25) is 0 Å². The van der Waals surface area contributed by atoms with E-state index in [1.807, 2.05) is 25.2 Å². The number of nitrogens with one attached hydrogen (secondary N) is 1. The van der Waals surface area contributed by atoms with Crippen LogP contribution in [0.25, 0.3) is 0 Å². The van der Waals surface area contributed by atoms with Crippen LogP contribution in [0.3, 0.4) is 0 Å². The lowest BCUT2D eigenvalue weighted by atomic mass is 10.2. The van der Waals surface area contributed by atoms with Crippen molar-refractivity contribution in [2.24, 2.45) is 0 Å². The summed E-state index contributed by atoms with van der Waals surface area (Å²) in [6.45, 7) is 1.96. The molecule has 1 rings (SSSR count). The number of nitrogen functional groups attached to an aromatic ring is 1.